The van der Waals surface area contributed by atoms with Gasteiger partial charge >= 0.3 is 0 Å². The summed E-state index contributed by atoms with van der Waals surface area (Å²) in [6.07, 6.45) is 1.68. The molecule has 0 radical (unpaired) electrons. The number of fused-ring (bicyclic) bond motifs is 1. The van der Waals surface area contributed by atoms with Crippen molar-refractivity contribution in [2.45, 2.75) is 0 Å². The molecule has 0 spiro atoms. The van der Waals surface area contributed by atoms with E-state index in [2.05, 4.69) is 15.3 Å². The van der Waals surface area contributed by atoms with E-state index in [0.29, 0.717) is 28.7 Å². The molecule has 0 saturated heterocycles. The van der Waals surface area contributed by atoms with Crippen molar-refractivity contribution < 1.29 is 19.3 Å². The van der Waals surface area contributed by atoms with E-state index in [-0.39, 0.29) is 5.75 Å². The Labute approximate surface area is 138 Å². The number of benzene rings is 2. The Hall–Kier alpha value is -3.22. The third kappa shape index (κ3) is 2.83. The van der Waals surface area contributed by atoms with Gasteiger partial charge in [-0.15, -0.1) is 0 Å². The maximum absolute atomic E-state index is 9.34. The SMILES string of the molecule is COc1cc2cnc(Nc3ccc(O)cc3)nc2c(OC)c1OC. The second kappa shape index (κ2) is 6.49. The number of hydrogen-bond acceptors (Lipinski definition) is 7. The standard InChI is InChI=1S/C17H17N3O4/c1-22-13-8-10-9-18-17(19-11-4-6-12(21)7-5-11)20-14(10)16(24-3)15(13)23-2/h4-9,21H,1-3H3,(H,18,19,20). The zero-order chi connectivity index (χ0) is 17.1. The Bertz CT molecular complexity index is 866. The van der Waals surface area contributed by atoms with Gasteiger partial charge in [0.1, 0.15) is 11.3 Å². The van der Waals surface area contributed by atoms with Gasteiger partial charge in [-0.05, 0) is 30.3 Å². The van der Waals surface area contributed by atoms with E-state index < -0.39 is 0 Å². The maximum Gasteiger partial charge on any atom is 0.227 e. The first kappa shape index (κ1) is 15.7. The number of rotatable bonds is 5. The highest BCUT2D eigenvalue weighted by atomic mass is 16.5. The third-order valence-electron chi connectivity index (χ3n) is 3.50. The number of ether oxygens (including phenoxy) is 3. The Morgan fingerprint density at radius 1 is 0.958 bits per heavy atom. The van der Waals surface area contributed by atoms with Crippen LogP contribution in [-0.4, -0.2) is 36.4 Å². The number of methoxy groups -OCH3 is 3. The van der Waals surface area contributed by atoms with Crippen molar-refractivity contribution in [3.63, 3.8) is 0 Å². The molecule has 2 N–H and O–H groups in total. The summed E-state index contributed by atoms with van der Waals surface area (Å²) in [6, 6.07) is 8.42. The molecule has 24 heavy (non-hydrogen) atoms. The number of hydrogen-bond donors (Lipinski definition) is 2. The molecular formula is C17H17N3O4. The predicted octanol–water partition coefficient (Wildman–Crippen LogP) is 3.10. The molecule has 0 bridgehead atoms. The van der Waals surface area contributed by atoms with Gasteiger partial charge < -0.3 is 24.6 Å². The van der Waals surface area contributed by atoms with E-state index in [4.69, 9.17) is 14.2 Å². The summed E-state index contributed by atoms with van der Waals surface area (Å²) in [5, 5.41) is 13.2. The van der Waals surface area contributed by atoms with Gasteiger partial charge in [0.15, 0.2) is 11.5 Å². The topological polar surface area (TPSA) is 85.7 Å². The van der Waals surface area contributed by atoms with Crippen molar-refractivity contribution in [1.29, 1.82) is 0 Å². The van der Waals surface area contributed by atoms with E-state index in [1.54, 1.807) is 57.9 Å². The van der Waals surface area contributed by atoms with Crippen molar-refractivity contribution in [3.05, 3.63) is 36.5 Å². The zero-order valence-corrected chi connectivity index (χ0v) is 13.5. The highest BCUT2D eigenvalue weighted by Gasteiger charge is 2.17. The van der Waals surface area contributed by atoms with Gasteiger partial charge in [0.25, 0.3) is 0 Å². The molecule has 0 unspecified atom stereocenters. The first-order valence-electron chi connectivity index (χ1n) is 7.18. The van der Waals surface area contributed by atoms with Crippen LogP contribution in [0.15, 0.2) is 36.5 Å². The van der Waals surface area contributed by atoms with Gasteiger partial charge in [0.05, 0.1) is 21.3 Å². The van der Waals surface area contributed by atoms with Gasteiger partial charge in [-0.3, -0.25) is 0 Å². The lowest BCUT2D eigenvalue weighted by Gasteiger charge is -2.14. The van der Waals surface area contributed by atoms with Crippen LogP contribution in [0.25, 0.3) is 10.9 Å². The number of phenolic OH excluding ortho intramolecular Hbond substituents is 1. The van der Waals surface area contributed by atoms with E-state index in [1.807, 2.05) is 0 Å². The van der Waals surface area contributed by atoms with Crippen molar-refractivity contribution in [2.75, 3.05) is 26.6 Å². The van der Waals surface area contributed by atoms with Crippen LogP contribution in [-0.2, 0) is 0 Å². The van der Waals surface area contributed by atoms with E-state index in [1.165, 1.54) is 0 Å². The number of anilines is 2. The fraction of sp³-hybridized carbons (Fsp3) is 0.176. The molecule has 0 fully saturated rings. The summed E-state index contributed by atoms with van der Waals surface area (Å²) in [4.78, 5) is 8.80. The van der Waals surface area contributed by atoms with Crippen LogP contribution in [0.2, 0.25) is 0 Å². The molecule has 1 heterocycles. The second-order valence-corrected chi connectivity index (χ2v) is 4.95. The number of nitrogens with one attached hydrogen (secondary N) is 1. The highest BCUT2D eigenvalue weighted by Crippen LogP contribution is 2.42. The smallest absolute Gasteiger partial charge is 0.227 e. The van der Waals surface area contributed by atoms with Gasteiger partial charge in [-0.1, -0.05) is 0 Å². The Morgan fingerprint density at radius 3 is 2.29 bits per heavy atom. The maximum atomic E-state index is 9.34. The van der Waals surface area contributed by atoms with Crippen LogP contribution >= 0.6 is 0 Å². The van der Waals surface area contributed by atoms with E-state index in [0.717, 1.165) is 11.1 Å². The minimum atomic E-state index is 0.193. The normalized spacial score (nSPS) is 10.5. The molecule has 0 saturated carbocycles. The molecule has 3 aromatic rings. The molecule has 7 nitrogen and oxygen atoms in total. The van der Waals surface area contributed by atoms with Crippen molar-refractivity contribution in [2.24, 2.45) is 0 Å². The summed E-state index contributed by atoms with van der Waals surface area (Å²) in [6.45, 7) is 0. The lowest BCUT2D eigenvalue weighted by Crippen LogP contribution is -2.00. The summed E-state index contributed by atoms with van der Waals surface area (Å²) in [5.74, 6) is 2.09. The molecule has 1 aromatic heterocycles. The second-order valence-electron chi connectivity index (χ2n) is 4.95. The fourth-order valence-electron chi connectivity index (χ4n) is 2.37. The summed E-state index contributed by atoms with van der Waals surface area (Å²) in [5.41, 5.74) is 1.36. The van der Waals surface area contributed by atoms with Crippen LogP contribution < -0.4 is 19.5 Å². The number of aromatic hydroxyl groups is 1. The van der Waals surface area contributed by atoms with Crippen LogP contribution in [0.4, 0.5) is 11.6 Å². The molecule has 0 aliphatic carbocycles. The molecule has 3 rings (SSSR count). The molecule has 0 amide bonds. The van der Waals surface area contributed by atoms with E-state index in [9.17, 15) is 5.11 Å². The van der Waals surface area contributed by atoms with Gasteiger partial charge in [-0.25, -0.2) is 9.97 Å². The fourth-order valence-corrected chi connectivity index (χ4v) is 2.37. The summed E-state index contributed by atoms with van der Waals surface area (Å²) >= 11 is 0. The Morgan fingerprint density at radius 2 is 1.67 bits per heavy atom. The van der Waals surface area contributed by atoms with Crippen LogP contribution in [0.1, 0.15) is 0 Å². The highest BCUT2D eigenvalue weighted by molar-refractivity contribution is 5.90. The monoisotopic (exact) mass is 327 g/mol. The number of nitrogens with zero attached hydrogens (tertiary/aromatic N) is 2. The van der Waals surface area contributed by atoms with Crippen LogP contribution in [0.5, 0.6) is 23.0 Å². The molecule has 0 aliphatic heterocycles. The lowest BCUT2D eigenvalue weighted by molar-refractivity contribution is 0.327. The average molecular weight is 327 g/mol. The van der Waals surface area contributed by atoms with Gasteiger partial charge in [-0.2, -0.15) is 0 Å². The predicted molar refractivity (Wildman–Crippen MR) is 90.6 cm³/mol. The van der Waals surface area contributed by atoms with Crippen LogP contribution in [0.3, 0.4) is 0 Å². The number of aromatic nitrogens is 2. The summed E-state index contributed by atoms with van der Waals surface area (Å²) < 4.78 is 16.2. The van der Waals surface area contributed by atoms with Crippen LogP contribution in [0, 0.1) is 0 Å². The van der Waals surface area contributed by atoms with Gasteiger partial charge in [0.2, 0.25) is 11.7 Å². The zero-order valence-electron chi connectivity index (χ0n) is 13.5. The molecule has 2 aromatic carbocycles. The first-order chi connectivity index (χ1) is 11.7. The molecule has 0 atom stereocenters. The van der Waals surface area contributed by atoms with Gasteiger partial charge in [0, 0.05) is 17.3 Å². The molecule has 0 aliphatic rings. The third-order valence-corrected chi connectivity index (χ3v) is 3.50. The molecule has 7 heteroatoms. The quantitative estimate of drug-likeness (QED) is 0.696. The van der Waals surface area contributed by atoms with Crippen molar-refractivity contribution in [3.8, 4) is 23.0 Å². The van der Waals surface area contributed by atoms with E-state index >= 15 is 0 Å². The average Bonchev–Trinajstić information content (AvgIpc) is 2.61. The van der Waals surface area contributed by atoms with Crippen molar-refractivity contribution >= 4 is 22.5 Å². The molecular weight excluding hydrogens is 310 g/mol. The number of phenols is 1. The first-order valence-corrected chi connectivity index (χ1v) is 7.18. The summed E-state index contributed by atoms with van der Waals surface area (Å²) in [7, 11) is 4.65. The minimum absolute atomic E-state index is 0.193. The molecule has 124 valence electrons. The van der Waals surface area contributed by atoms with Crippen molar-refractivity contribution in [1.82, 2.24) is 9.97 Å². The lowest BCUT2D eigenvalue weighted by atomic mass is 10.2. The Balaban J connectivity index is 2.07. The largest absolute Gasteiger partial charge is 0.508 e. The minimum Gasteiger partial charge on any atom is -0.508 e. The Kier molecular flexibility index (Phi) is 4.24.